The third-order valence-electron chi connectivity index (χ3n) is 6.79. The number of carboxylic acid groups (broad SMARTS) is 1. The van der Waals surface area contributed by atoms with Crippen LogP contribution in [0, 0.1) is 18.3 Å². The summed E-state index contributed by atoms with van der Waals surface area (Å²) < 4.78 is 6.14. The molecule has 0 bridgehead atoms. The topological polar surface area (TPSA) is 75.5 Å². The van der Waals surface area contributed by atoms with Crippen LogP contribution in [-0.4, -0.2) is 39.7 Å². The van der Waals surface area contributed by atoms with E-state index in [1.165, 1.54) is 5.56 Å². The van der Waals surface area contributed by atoms with Gasteiger partial charge in [-0.1, -0.05) is 27.7 Å². The molecule has 0 saturated carbocycles. The van der Waals surface area contributed by atoms with E-state index in [2.05, 4.69) is 48.6 Å². The highest BCUT2D eigenvalue weighted by atomic mass is 16.5. The Bertz CT molecular complexity index is 1030. The molecule has 0 aromatic carbocycles. The van der Waals surface area contributed by atoms with Crippen molar-refractivity contribution in [3.05, 3.63) is 41.5 Å². The van der Waals surface area contributed by atoms with Crippen LogP contribution in [0.5, 0.6) is 0 Å². The lowest BCUT2D eigenvalue weighted by Gasteiger charge is -2.41. The SMILES string of the molecule is Cc1ncc(-c2cncc(CCC(C)C)c2)c(N2CCC(C)(C)CC2)c1[C@H](OC(C)(C)C)C(=O)O. The predicted octanol–water partition coefficient (Wildman–Crippen LogP) is 6.61. The average molecular weight is 482 g/mol. The molecule has 0 aliphatic carbocycles. The Balaban J connectivity index is 2.19. The molecule has 3 rings (SSSR count). The van der Waals surface area contributed by atoms with Crippen LogP contribution in [0.2, 0.25) is 0 Å². The zero-order valence-corrected chi connectivity index (χ0v) is 22.8. The zero-order chi connectivity index (χ0) is 26.0. The molecule has 2 aromatic rings. The number of carboxylic acids is 1. The number of ether oxygens (including phenoxy) is 1. The molecule has 192 valence electrons. The minimum atomic E-state index is -1.11. The van der Waals surface area contributed by atoms with Gasteiger partial charge in [-0.2, -0.15) is 0 Å². The van der Waals surface area contributed by atoms with E-state index < -0.39 is 17.7 Å². The molecule has 0 spiro atoms. The number of nitrogens with zero attached hydrogens (tertiary/aromatic N) is 3. The first-order valence-electron chi connectivity index (χ1n) is 12.9. The van der Waals surface area contributed by atoms with Gasteiger partial charge in [0.15, 0.2) is 6.10 Å². The van der Waals surface area contributed by atoms with E-state index in [0.717, 1.165) is 55.6 Å². The van der Waals surface area contributed by atoms with E-state index >= 15 is 0 Å². The number of hydrogen-bond donors (Lipinski definition) is 1. The lowest BCUT2D eigenvalue weighted by atomic mass is 9.82. The van der Waals surface area contributed by atoms with E-state index in [9.17, 15) is 9.90 Å². The molecule has 2 aromatic heterocycles. The van der Waals surface area contributed by atoms with Crippen molar-refractivity contribution in [1.29, 1.82) is 0 Å². The quantitative estimate of drug-likeness (QED) is 0.457. The fourth-order valence-electron chi connectivity index (χ4n) is 4.62. The van der Waals surface area contributed by atoms with Crippen LogP contribution < -0.4 is 4.90 Å². The molecular formula is C29H43N3O3. The summed E-state index contributed by atoms with van der Waals surface area (Å²) in [5.74, 6) is -0.381. The number of pyridine rings is 2. The van der Waals surface area contributed by atoms with E-state index in [1.807, 2.05) is 46.3 Å². The molecule has 1 aliphatic heterocycles. The maximum absolute atomic E-state index is 12.5. The molecule has 1 atom stereocenters. The smallest absolute Gasteiger partial charge is 0.337 e. The Hall–Kier alpha value is -2.47. The van der Waals surface area contributed by atoms with Crippen LogP contribution in [0.3, 0.4) is 0 Å². The van der Waals surface area contributed by atoms with Gasteiger partial charge in [0.05, 0.1) is 11.3 Å². The third kappa shape index (κ3) is 7.03. The minimum absolute atomic E-state index is 0.269. The molecule has 1 saturated heterocycles. The van der Waals surface area contributed by atoms with Crippen LogP contribution in [0.15, 0.2) is 24.7 Å². The van der Waals surface area contributed by atoms with Gasteiger partial charge < -0.3 is 14.7 Å². The molecule has 1 fully saturated rings. The van der Waals surface area contributed by atoms with Crippen molar-refractivity contribution in [3.8, 4) is 11.1 Å². The second-order valence-electron chi connectivity index (χ2n) is 12.1. The van der Waals surface area contributed by atoms with E-state index in [4.69, 9.17) is 4.74 Å². The first-order valence-corrected chi connectivity index (χ1v) is 12.9. The van der Waals surface area contributed by atoms with Crippen LogP contribution in [0.25, 0.3) is 11.1 Å². The van der Waals surface area contributed by atoms with Crippen LogP contribution in [0.4, 0.5) is 5.69 Å². The van der Waals surface area contributed by atoms with Crippen molar-refractivity contribution < 1.29 is 14.6 Å². The summed E-state index contributed by atoms with van der Waals surface area (Å²) in [5, 5.41) is 10.3. The second-order valence-corrected chi connectivity index (χ2v) is 12.1. The summed E-state index contributed by atoms with van der Waals surface area (Å²) in [6, 6.07) is 2.18. The number of aliphatic carboxylic acids is 1. The Morgan fingerprint density at radius 1 is 1.17 bits per heavy atom. The van der Waals surface area contributed by atoms with Gasteiger partial charge in [0, 0.05) is 54.1 Å². The van der Waals surface area contributed by atoms with Crippen molar-refractivity contribution in [2.45, 2.75) is 92.8 Å². The lowest BCUT2D eigenvalue weighted by Crippen LogP contribution is -2.39. The number of piperidine rings is 1. The Kier molecular flexibility index (Phi) is 8.25. The van der Waals surface area contributed by atoms with Gasteiger partial charge in [0.25, 0.3) is 0 Å². The number of carbonyl (C=O) groups is 1. The number of aryl methyl sites for hydroxylation is 2. The maximum atomic E-state index is 12.5. The summed E-state index contributed by atoms with van der Waals surface area (Å²) in [6.07, 6.45) is 8.71. The number of anilines is 1. The highest BCUT2D eigenvalue weighted by molar-refractivity contribution is 5.86. The van der Waals surface area contributed by atoms with Crippen LogP contribution in [-0.2, 0) is 16.0 Å². The van der Waals surface area contributed by atoms with Crippen LogP contribution in [0.1, 0.15) is 90.7 Å². The molecule has 0 unspecified atom stereocenters. The fourth-order valence-corrected chi connectivity index (χ4v) is 4.62. The van der Waals surface area contributed by atoms with Gasteiger partial charge in [-0.25, -0.2) is 4.79 Å². The van der Waals surface area contributed by atoms with Crippen molar-refractivity contribution in [2.75, 3.05) is 18.0 Å². The van der Waals surface area contributed by atoms with Crippen LogP contribution >= 0.6 is 0 Å². The average Bonchev–Trinajstić information content (AvgIpc) is 2.75. The molecule has 6 nitrogen and oxygen atoms in total. The molecule has 1 aliphatic rings. The van der Waals surface area contributed by atoms with Gasteiger partial charge in [-0.3, -0.25) is 9.97 Å². The summed E-state index contributed by atoms with van der Waals surface area (Å²) in [5.41, 5.74) is 4.99. The summed E-state index contributed by atoms with van der Waals surface area (Å²) in [6.45, 7) is 18.3. The normalized spacial score (nSPS) is 17.0. The van der Waals surface area contributed by atoms with Gasteiger partial charge >= 0.3 is 5.97 Å². The molecule has 3 heterocycles. The molecule has 0 amide bonds. The molecule has 1 N–H and O–H groups in total. The van der Waals surface area contributed by atoms with Gasteiger partial charge in [-0.15, -0.1) is 0 Å². The highest BCUT2D eigenvalue weighted by Gasteiger charge is 2.35. The van der Waals surface area contributed by atoms with Gasteiger partial charge in [0.2, 0.25) is 0 Å². The Labute approximate surface area is 211 Å². The second kappa shape index (κ2) is 10.7. The molecule has 6 heteroatoms. The highest BCUT2D eigenvalue weighted by Crippen LogP contribution is 2.43. The van der Waals surface area contributed by atoms with Crippen molar-refractivity contribution in [2.24, 2.45) is 11.3 Å². The Morgan fingerprint density at radius 2 is 1.83 bits per heavy atom. The number of hydrogen-bond acceptors (Lipinski definition) is 5. The minimum Gasteiger partial charge on any atom is -0.479 e. The van der Waals surface area contributed by atoms with Crippen molar-refractivity contribution in [3.63, 3.8) is 0 Å². The zero-order valence-electron chi connectivity index (χ0n) is 22.8. The van der Waals surface area contributed by atoms with Gasteiger partial charge in [0.1, 0.15) is 0 Å². The van der Waals surface area contributed by atoms with E-state index in [-0.39, 0.29) is 5.41 Å². The summed E-state index contributed by atoms with van der Waals surface area (Å²) in [4.78, 5) is 24.1. The largest absolute Gasteiger partial charge is 0.479 e. The maximum Gasteiger partial charge on any atom is 0.337 e. The Morgan fingerprint density at radius 3 is 2.40 bits per heavy atom. The molecule has 0 radical (unpaired) electrons. The predicted molar refractivity (Wildman–Crippen MR) is 142 cm³/mol. The fraction of sp³-hybridized carbons (Fsp3) is 0.621. The standard InChI is InChI=1S/C29H43N3O3/c1-19(2)9-10-21-15-22(17-30-16-21)23-18-31-20(3)24(26(27(33)34)35-28(4,5)6)25(23)32-13-11-29(7,8)12-14-32/h15-19,26H,9-14H2,1-8H3,(H,33,34)/t26-/m0/s1. The van der Waals surface area contributed by atoms with E-state index in [0.29, 0.717) is 17.2 Å². The van der Waals surface area contributed by atoms with Crippen molar-refractivity contribution in [1.82, 2.24) is 9.97 Å². The lowest BCUT2D eigenvalue weighted by molar-refractivity contribution is -0.160. The summed E-state index contributed by atoms with van der Waals surface area (Å²) >= 11 is 0. The molecular weight excluding hydrogens is 438 g/mol. The number of rotatable bonds is 8. The molecule has 35 heavy (non-hydrogen) atoms. The monoisotopic (exact) mass is 481 g/mol. The first-order chi connectivity index (χ1) is 16.3. The third-order valence-corrected chi connectivity index (χ3v) is 6.79. The first kappa shape index (κ1) is 27.1. The van der Waals surface area contributed by atoms with Gasteiger partial charge in [-0.05, 0) is 76.3 Å². The van der Waals surface area contributed by atoms with E-state index in [1.54, 1.807) is 0 Å². The van der Waals surface area contributed by atoms with Crippen molar-refractivity contribution >= 4 is 11.7 Å². The number of aromatic nitrogens is 2. The summed E-state index contributed by atoms with van der Waals surface area (Å²) in [7, 11) is 0.